The van der Waals surface area contributed by atoms with Gasteiger partial charge in [0, 0.05) is 17.5 Å². The Bertz CT molecular complexity index is 546. The molecule has 0 unspecified atom stereocenters. The number of hydrogen-bond acceptors (Lipinski definition) is 3. The van der Waals surface area contributed by atoms with Gasteiger partial charge in [0.2, 0.25) is 5.91 Å². The summed E-state index contributed by atoms with van der Waals surface area (Å²) in [6.07, 6.45) is 2.18. The molecule has 0 atom stereocenters. The summed E-state index contributed by atoms with van der Waals surface area (Å²) >= 11 is 1.62. The number of carbonyl (C=O) groups is 1. The second-order valence-corrected chi connectivity index (χ2v) is 5.52. The molecule has 1 aromatic heterocycles. The van der Waals surface area contributed by atoms with Crippen molar-refractivity contribution in [1.82, 2.24) is 4.98 Å². The Morgan fingerprint density at radius 1 is 1.32 bits per heavy atom. The quantitative estimate of drug-likeness (QED) is 0.905. The van der Waals surface area contributed by atoms with Crippen molar-refractivity contribution in [2.45, 2.75) is 33.1 Å². The molecule has 1 heterocycles. The summed E-state index contributed by atoms with van der Waals surface area (Å²) in [5, 5.41) is 5.97. The molecule has 0 radical (unpaired) electrons. The van der Waals surface area contributed by atoms with Crippen molar-refractivity contribution in [1.29, 1.82) is 0 Å². The van der Waals surface area contributed by atoms with E-state index in [0.717, 1.165) is 22.8 Å². The van der Waals surface area contributed by atoms with Crippen LogP contribution in [0.5, 0.6) is 0 Å². The van der Waals surface area contributed by atoms with Gasteiger partial charge < -0.3 is 5.32 Å². The van der Waals surface area contributed by atoms with Crippen LogP contribution in [0.1, 0.15) is 29.6 Å². The van der Waals surface area contributed by atoms with E-state index in [1.165, 1.54) is 5.56 Å². The van der Waals surface area contributed by atoms with Crippen LogP contribution in [0.25, 0.3) is 0 Å². The van der Waals surface area contributed by atoms with Crippen LogP contribution in [0.3, 0.4) is 0 Å². The minimum Gasteiger partial charge on any atom is -0.326 e. The second-order valence-electron chi connectivity index (χ2n) is 4.46. The fourth-order valence-corrected chi connectivity index (χ4v) is 2.46. The molecule has 1 aromatic carbocycles. The third kappa shape index (κ3) is 4.17. The van der Waals surface area contributed by atoms with Gasteiger partial charge in [-0.15, -0.1) is 11.3 Å². The average molecular weight is 274 g/mol. The Balaban J connectivity index is 1.83. The summed E-state index contributed by atoms with van der Waals surface area (Å²) in [4.78, 5) is 16.2. The summed E-state index contributed by atoms with van der Waals surface area (Å²) in [7, 11) is 0. The Labute approximate surface area is 117 Å². The molecule has 2 rings (SSSR count). The van der Waals surface area contributed by atoms with E-state index in [2.05, 4.69) is 17.2 Å². The Morgan fingerprint density at radius 3 is 2.63 bits per heavy atom. The standard InChI is InChI=1S/C15H18N2OS/c1-3-12-4-6-13(7-5-12)17-15(18)9-8-14-10-19-11(2)16-14/h4-7,10H,3,8-9H2,1-2H3,(H,17,18). The van der Waals surface area contributed by atoms with E-state index >= 15 is 0 Å². The third-order valence-corrected chi connectivity index (χ3v) is 3.74. The van der Waals surface area contributed by atoms with Crippen molar-refractivity contribution < 1.29 is 4.79 Å². The first-order valence-corrected chi connectivity index (χ1v) is 7.35. The van der Waals surface area contributed by atoms with E-state index in [1.54, 1.807) is 11.3 Å². The van der Waals surface area contributed by atoms with Gasteiger partial charge in [-0.05, 0) is 37.5 Å². The Morgan fingerprint density at radius 2 is 2.05 bits per heavy atom. The topological polar surface area (TPSA) is 42.0 Å². The molecule has 4 heteroatoms. The van der Waals surface area contributed by atoms with Crippen molar-refractivity contribution in [3.05, 3.63) is 45.9 Å². The molecule has 0 aliphatic carbocycles. The van der Waals surface area contributed by atoms with Crippen LogP contribution >= 0.6 is 11.3 Å². The lowest BCUT2D eigenvalue weighted by atomic mass is 10.1. The van der Waals surface area contributed by atoms with Gasteiger partial charge in [0.05, 0.1) is 10.7 Å². The maximum Gasteiger partial charge on any atom is 0.224 e. The molecule has 3 nitrogen and oxygen atoms in total. The average Bonchev–Trinajstić information content (AvgIpc) is 2.83. The van der Waals surface area contributed by atoms with Gasteiger partial charge in [0.25, 0.3) is 0 Å². The van der Waals surface area contributed by atoms with Crippen molar-refractivity contribution >= 4 is 22.9 Å². The van der Waals surface area contributed by atoms with Gasteiger partial charge in [-0.1, -0.05) is 19.1 Å². The summed E-state index contributed by atoms with van der Waals surface area (Å²) in [6.45, 7) is 4.09. The molecule has 0 bridgehead atoms. The first-order chi connectivity index (χ1) is 9.17. The zero-order valence-corrected chi connectivity index (χ0v) is 12.1. The maximum absolute atomic E-state index is 11.8. The number of nitrogens with zero attached hydrogens (tertiary/aromatic N) is 1. The minimum absolute atomic E-state index is 0.0369. The van der Waals surface area contributed by atoms with Gasteiger partial charge in [0.1, 0.15) is 0 Å². The van der Waals surface area contributed by atoms with Gasteiger partial charge >= 0.3 is 0 Å². The summed E-state index contributed by atoms with van der Waals surface area (Å²) in [6, 6.07) is 7.98. The smallest absolute Gasteiger partial charge is 0.224 e. The number of anilines is 1. The molecule has 1 amide bonds. The molecule has 100 valence electrons. The molecule has 0 spiro atoms. The Kier molecular flexibility index (Phi) is 4.68. The highest BCUT2D eigenvalue weighted by Gasteiger charge is 2.05. The van der Waals surface area contributed by atoms with Crippen LogP contribution in [-0.4, -0.2) is 10.9 Å². The SMILES string of the molecule is CCc1ccc(NC(=O)CCc2csc(C)n2)cc1. The maximum atomic E-state index is 11.8. The van der Waals surface area contributed by atoms with Crippen LogP contribution in [0.2, 0.25) is 0 Å². The third-order valence-electron chi connectivity index (χ3n) is 2.92. The summed E-state index contributed by atoms with van der Waals surface area (Å²) < 4.78 is 0. The second kappa shape index (κ2) is 6.48. The first kappa shape index (κ1) is 13.7. The highest BCUT2D eigenvalue weighted by atomic mass is 32.1. The predicted octanol–water partition coefficient (Wildman–Crippen LogP) is 3.59. The zero-order valence-electron chi connectivity index (χ0n) is 11.3. The molecule has 0 aliphatic rings. The number of aryl methyl sites for hydroxylation is 3. The highest BCUT2D eigenvalue weighted by molar-refractivity contribution is 7.09. The van der Waals surface area contributed by atoms with Crippen molar-refractivity contribution in [2.24, 2.45) is 0 Å². The molecule has 1 N–H and O–H groups in total. The van der Waals surface area contributed by atoms with Crippen molar-refractivity contribution in [3.63, 3.8) is 0 Å². The lowest BCUT2D eigenvalue weighted by Gasteiger charge is -2.05. The molecule has 0 fully saturated rings. The van der Waals surface area contributed by atoms with E-state index in [4.69, 9.17) is 0 Å². The van der Waals surface area contributed by atoms with Crippen LogP contribution < -0.4 is 5.32 Å². The van der Waals surface area contributed by atoms with E-state index in [1.807, 2.05) is 36.6 Å². The number of hydrogen-bond donors (Lipinski definition) is 1. The molecular weight excluding hydrogens is 256 g/mol. The van der Waals surface area contributed by atoms with Gasteiger partial charge in [-0.2, -0.15) is 0 Å². The van der Waals surface area contributed by atoms with Gasteiger partial charge in [-0.25, -0.2) is 4.98 Å². The Hall–Kier alpha value is -1.68. The van der Waals surface area contributed by atoms with Crippen molar-refractivity contribution in [2.75, 3.05) is 5.32 Å². The lowest BCUT2D eigenvalue weighted by Crippen LogP contribution is -2.12. The number of amides is 1. The van der Waals surface area contributed by atoms with E-state index in [0.29, 0.717) is 12.8 Å². The van der Waals surface area contributed by atoms with Gasteiger partial charge in [-0.3, -0.25) is 4.79 Å². The largest absolute Gasteiger partial charge is 0.326 e. The molecule has 19 heavy (non-hydrogen) atoms. The number of nitrogens with one attached hydrogen (secondary N) is 1. The predicted molar refractivity (Wildman–Crippen MR) is 79.6 cm³/mol. The normalized spacial score (nSPS) is 10.4. The number of aromatic nitrogens is 1. The molecular formula is C15H18N2OS. The van der Waals surface area contributed by atoms with Crippen LogP contribution in [0, 0.1) is 6.92 Å². The van der Waals surface area contributed by atoms with Crippen molar-refractivity contribution in [3.8, 4) is 0 Å². The molecule has 0 saturated carbocycles. The lowest BCUT2D eigenvalue weighted by molar-refractivity contribution is -0.116. The number of thiazole rings is 1. The summed E-state index contributed by atoms with van der Waals surface area (Å²) in [5.74, 6) is 0.0369. The van der Waals surface area contributed by atoms with Crippen LogP contribution in [0.4, 0.5) is 5.69 Å². The minimum atomic E-state index is 0.0369. The van der Waals surface area contributed by atoms with Crippen LogP contribution in [0.15, 0.2) is 29.6 Å². The van der Waals surface area contributed by atoms with Crippen LogP contribution in [-0.2, 0) is 17.6 Å². The first-order valence-electron chi connectivity index (χ1n) is 6.47. The number of rotatable bonds is 5. The van der Waals surface area contributed by atoms with E-state index < -0.39 is 0 Å². The monoisotopic (exact) mass is 274 g/mol. The fourth-order valence-electron chi connectivity index (χ4n) is 1.81. The van der Waals surface area contributed by atoms with E-state index in [-0.39, 0.29) is 5.91 Å². The number of carbonyl (C=O) groups excluding carboxylic acids is 1. The van der Waals surface area contributed by atoms with Gasteiger partial charge in [0.15, 0.2) is 0 Å². The fraction of sp³-hybridized carbons (Fsp3) is 0.333. The molecule has 0 aliphatic heterocycles. The highest BCUT2D eigenvalue weighted by Crippen LogP contribution is 2.12. The number of benzene rings is 1. The summed E-state index contributed by atoms with van der Waals surface area (Å²) in [5.41, 5.74) is 3.13. The molecule has 0 saturated heterocycles. The zero-order chi connectivity index (χ0) is 13.7. The van der Waals surface area contributed by atoms with E-state index in [9.17, 15) is 4.79 Å². The molecule has 2 aromatic rings.